The Kier molecular flexibility index (Phi) is 5.58. The number of ether oxygens (including phenoxy) is 5. The van der Waals surface area contributed by atoms with E-state index in [1.807, 2.05) is 44.2 Å². The van der Waals surface area contributed by atoms with Crippen molar-refractivity contribution in [3.63, 3.8) is 0 Å². The topological polar surface area (TPSA) is 94.9 Å². The van der Waals surface area contributed by atoms with Gasteiger partial charge in [0.25, 0.3) is 0 Å². The lowest BCUT2D eigenvalue weighted by molar-refractivity contribution is -0.366. The van der Waals surface area contributed by atoms with E-state index >= 15 is 0 Å². The third-order valence-corrected chi connectivity index (χ3v) is 4.33. The largest absolute Gasteiger partial charge is 0.368 e. The molecule has 1 unspecified atom stereocenters. The number of fused-ring (bicyclic) bond motifs is 1. The summed E-state index contributed by atoms with van der Waals surface area (Å²) in [7, 11) is 1.53. The predicted molar refractivity (Wildman–Crippen MR) is 88.5 cm³/mol. The molecular formula is C17H23N3O5. The van der Waals surface area contributed by atoms with E-state index in [-0.39, 0.29) is 6.10 Å². The SMILES string of the molecule is COC1O[C@@H]2COC(C)(C)O[C@H]2[C@H](N=[N+]=[N-])[C@H]1OCc1ccccc1. The molecule has 0 radical (unpaired) electrons. The normalized spacial score (nSPS) is 34.0. The number of rotatable bonds is 5. The molecule has 1 aromatic rings. The van der Waals surface area contributed by atoms with E-state index in [1.54, 1.807) is 0 Å². The molecule has 136 valence electrons. The van der Waals surface area contributed by atoms with Crippen LogP contribution in [0.1, 0.15) is 19.4 Å². The first kappa shape index (κ1) is 18.1. The van der Waals surface area contributed by atoms with Crippen LogP contribution in [0.5, 0.6) is 0 Å². The molecule has 0 saturated carbocycles. The first-order valence-corrected chi connectivity index (χ1v) is 8.24. The van der Waals surface area contributed by atoms with Gasteiger partial charge in [-0.05, 0) is 24.9 Å². The zero-order valence-corrected chi connectivity index (χ0v) is 14.6. The third kappa shape index (κ3) is 4.12. The van der Waals surface area contributed by atoms with Gasteiger partial charge in [-0.2, -0.15) is 0 Å². The molecule has 2 aliphatic heterocycles. The Bertz CT molecular complexity index is 620. The van der Waals surface area contributed by atoms with Gasteiger partial charge in [-0.3, -0.25) is 0 Å². The van der Waals surface area contributed by atoms with Gasteiger partial charge in [0.05, 0.1) is 19.3 Å². The number of nitrogens with zero attached hydrogens (tertiary/aromatic N) is 3. The number of benzene rings is 1. The summed E-state index contributed by atoms with van der Waals surface area (Å²) in [5.41, 5.74) is 10.0. The fraction of sp³-hybridized carbons (Fsp3) is 0.647. The van der Waals surface area contributed by atoms with E-state index in [4.69, 9.17) is 29.2 Å². The van der Waals surface area contributed by atoms with Crippen molar-refractivity contribution in [1.82, 2.24) is 0 Å². The average Bonchev–Trinajstić information content (AvgIpc) is 2.61. The predicted octanol–water partition coefficient (Wildman–Crippen LogP) is 2.77. The van der Waals surface area contributed by atoms with Crippen molar-refractivity contribution in [1.29, 1.82) is 0 Å². The lowest BCUT2D eigenvalue weighted by Crippen LogP contribution is -2.64. The van der Waals surface area contributed by atoms with E-state index in [2.05, 4.69) is 10.0 Å². The molecule has 5 atom stereocenters. The maximum atomic E-state index is 9.04. The highest BCUT2D eigenvalue weighted by molar-refractivity contribution is 5.13. The first-order valence-electron chi connectivity index (χ1n) is 8.24. The van der Waals surface area contributed by atoms with Crippen LogP contribution in [0.4, 0.5) is 0 Å². The molecule has 1 aromatic carbocycles. The third-order valence-electron chi connectivity index (χ3n) is 4.33. The van der Waals surface area contributed by atoms with E-state index in [1.165, 1.54) is 7.11 Å². The first-order chi connectivity index (χ1) is 12.0. The molecule has 0 aliphatic carbocycles. The highest BCUT2D eigenvalue weighted by atomic mass is 16.8. The van der Waals surface area contributed by atoms with Crippen LogP contribution in [0.25, 0.3) is 10.4 Å². The number of azide groups is 1. The fourth-order valence-electron chi connectivity index (χ4n) is 3.14. The highest BCUT2D eigenvalue weighted by Crippen LogP contribution is 2.35. The average molecular weight is 349 g/mol. The van der Waals surface area contributed by atoms with Crippen LogP contribution in [0.3, 0.4) is 0 Å². The maximum Gasteiger partial charge on any atom is 0.184 e. The van der Waals surface area contributed by atoms with Gasteiger partial charge in [0, 0.05) is 12.0 Å². The van der Waals surface area contributed by atoms with Crippen molar-refractivity contribution in [3.05, 3.63) is 46.3 Å². The summed E-state index contributed by atoms with van der Waals surface area (Å²) in [6, 6.07) is 9.16. The van der Waals surface area contributed by atoms with Crippen LogP contribution in [0.2, 0.25) is 0 Å². The Morgan fingerprint density at radius 1 is 1.32 bits per heavy atom. The summed E-state index contributed by atoms with van der Waals surface area (Å²) >= 11 is 0. The van der Waals surface area contributed by atoms with Gasteiger partial charge in [0.2, 0.25) is 0 Å². The van der Waals surface area contributed by atoms with Crippen LogP contribution in [-0.2, 0) is 30.3 Å². The van der Waals surface area contributed by atoms with Gasteiger partial charge in [-0.1, -0.05) is 35.4 Å². The van der Waals surface area contributed by atoms with Crippen LogP contribution in [0.15, 0.2) is 35.4 Å². The summed E-state index contributed by atoms with van der Waals surface area (Å²) in [4.78, 5) is 2.99. The lowest BCUT2D eigenvalue weighted by atomic mass is 9.95. The molecule has 25 heavy (non-hydrogen) atoms. The van der Waals surface area contributed by atoms with E-state index in [9.17, 15) is 0 Å². The molecule has 2 fully saturated rings. The molecule has 8 heteroatoms. The van der Waals surface area contributed by atoms with Crippen molar-refractivity contribution in [2.24, 2.45) is 5.11 Å². The van der Waals surface area contributed by atoms with Gasteiger partial charge < -0.3 is 23.7 Å². The summed E-state index contributed by atoms with van der Waals surface area (Å²) in [6.45, 7) is 4.32. The molecule has 2 heterocycles. The van der Waals surface area contributed by atoms with E-state index in [0.29, 0.717) is 13.2 Å². The number of hydrogen-bond donors (Lipinski definition) is 0. The summed E-state index contributed by atoms with van der Waals surface area (Å²) in [5, 5.41) is 3.94. The molecule has 3 rings (SSSR count). The monoisotopic (exact) mass is 349 g/mol. The van der Waals surface area contributed by atoms with Gasteiger partial charge in [0.15, 0.2) is 12.1 Å². The Labute approximate surface area is 146 Å². The summed E-state index contributed by atoms with van der Waals surface area (Å²) in [5.74, 6) is -0.780. The molecule has 8 nitrogen and oxygen atoms in total. The fourth-order valence-corrected chi connectivity index (χ4v) is 3.14. The van der Waals surface area contributed by atoms with Crippen LogP contribution in [0, 0.1) is 0 Å². The zero-order chi connectivity index (χ0) is 17.9. The summed E-state index contributed by atoms with van der Waals surface area (Å²) < 4.78 is 29.0. The molecule has 0 amide bonds. The molecule has 0 N–H and O–H groups in total. The Hall–Kier alpha value is -1.67. The number of hydrogen-bond acceptors (Lipinski definition) is 6. The van der Waals surface area contributed by atoms with Gasteiger partial charge in [-0.25, -0.2) is 0 Å². The second-order valence-corrected chi connectivity index (χ2v) is 6.53. The Morgan fingerprint density at radius 2 is 2.08 bits per heavy atom. The van der Waals surface area contributed by atoms with Gasteiger partial charge in [-0.15, -0.1) is 0 Å². The Balaban J connectivity index is 1.81. The second kappa shape index (κ2) is 7.70. The lowest BCUT2D eigenvalue weighted by Gasteiger charge is -2.49. The molecule has 0 bridgehead atoms. The number of methoxy groups -OCH3 is 1. The van der Waals surface area contributed by atoms with E-state index in [0.717, 1.165) is 5.56 Å². The molecule has 2 aliphatic rings. The standard InChI is InChI=1S/C17H23N3O5/c1-17(2)23-10-12-14(25-17)13(19-20-18)15(16(21-3)24-12)22-9-11-7-5-4-6-8-11/h4-8,12-16H,9-10H2,1-3H3/t12-,13+,14-,15-,16?/m1/s1. The minimum absolute atomic E-state index is 0.334. The quantitative estimate of drug-likeness (QED) is 0.463. The second-order valence-electron chi connectivity index (χ2n) is 6.53. The van der Waals surface area contributed by atoms with Crippen LogP contribution < -0.4 is 0 Å². The van der Waals surface area contributed by atoms with E-state index < -0.39 is 30.3 Å². The smallest absolute Gasteiger partial charge is 0.184 e. The minimum Gasteiger partial charge on any atom is -0.368 e. The Morgan fingerprint density at radius 3 is 2.76 bits per heavy atom. The minimum atomic E-state index is -0.780. The van der Waals surface area contributed by atoms with Crippen molar-refractivity contribution >= 4 is 0 Å². The van der Waals surface area contributed by atoms with Crippen molar-refractivity contribution < 1.29 is 23.7 Å². The van der Waals surface area contributed by atoms with Crippen molar-refractivity contribution in [2.45, 2.75) is 56.9 Å². The van der Waals surface area contributed by atoms with Crippen molar-refractivity contribution in [2.75, 3.05) is 13.7 Å². The van der Waals surface area contributed by atoms with Crippen molar-refractivity contribution in [3.8, 4) is 0 Å². The van der Waals surface area contributed by atoms with Gasteiger partial charge >= 0.3 is 0 Å². The van der Waals surface area contributed by atoms with Crippen LogP contribution in [-0.4, -0.2) is 50.1 Å². The van der Waals surface area contributed by atoms with Crippen LogP contribution >= 0.6 is 0 Å². The maximum absolute atomic E-state index is 9.04. The molecule has 0 aromatic heterocycles. The zero-order valence-electron chi connectivity index (χ0n) is 14.6. The molecular weight excluding hydrogens is 326 g/mol. The molecule has 2 saturated heterocycles. The molecule has 0 spiro atoms. The van der Waals surface area contributed by atoms with Gasteiger partial charge in [0.1, 0.15) is 18.3 Å². The summed E-state index contributed by atoms with van der Waals surface area (Å²) in [6.07, 6.45) is -2.11. The highest BCUT2D eigenvalue weighted by Gasteiger charge is 2.51.